The van der Waals surface area contributed by atoms with E-state index >= 15 is 0 Å². The molecule has 2 amide bonds. The highest BCUT2D eigenvalue weighted by molar-refractivity contribution is 5.79. The van der Waals surface area contributed by atoms with E-state index in [-0.39, 0.29) is 12.1 Å². The maximum atomic E-state index is 11.7. The van der Waals surface area contributed by atoms with Crippen LogP contribution < -0.4 is 10.6 Å². The van der Waals surface area contributed by atoms with Crippen molar-refractivity contribution < 1.29 is 14.7 Å². The van der Waals surface area contributed by atoms with Crippen LogP contribution in [0.3, 0.4) is 0 Å². The fourth-order valence-electron chi connectivity index (χ4n) is 2.66. The molecular weight excluding hydrogens is 232 g/mol. The van der Waals surface area contributed by atoms with E-state index in [0.29, 0.717) is 13.0 Å². The van der Waals surface area contributed by atoms with E-state index in [9.17, 15) is 14.7 Å². The Hall–Kier alpha value is -1.26. The van der Waals surface area contributed by atoms with E-state index in [2.05, 4.69) is 10.6 Å². The van der Waals surface area contributed by atoms with Crippen molar-refractivity contribution in [3.05, 3.63) is 0 Å². The van der Waals surface area contributed by atoms with Crippen LogP contribution >= 0.6 is 0 Å². The van der Waals surface area contributed by atoms with Crippen LogP contribution in [0.4, 0.5) is 4.79 Å². The molecule has 0 bridgehead atoms. The zero-order chi connectivity index (χ0) is 13.2. The number of rotatable bonds is 5. The summed E-state index contributed by atoms with van der Waals surface area (Å²) in [6.07, 6.45) is 5.84. The van der Waals surface area contributed by atoms with Crippen molar-refractivity contribution in [3.63, 3.8) is 0 Å². The predicted octanol–water partition coefficient (Wildman–Crippen LogP) is 1.73. The summed E-state index contributed by atoms with van der Waals surface area (Å²) in [5, 5.41) is 14.9. The second kappa shape index (κ2) is 5.16. The minimum atomic E-state index is -0.816. The van der Waals surface area contributed by atoms with Crippen LogP contribution in [0.25, 0.3) is 0 Å². The summed E-state index contributed by atoms with van der Waals surface area (Å²) in [5.41, 5.74) is -0.812. The van der Waals surface area contributed by atoms with Gasteiger partial charge in [0.05, 0.1) is 5.41 Å². The molecule has 2 rings (SSSR count). The number of carboxylic acids is 1. The minimum absolute atomic E-state index is 0.227. The lowest BCUT2D eigenvalue weighted by Crippen LogP contribution is -2.50. The number of hydrogen-bond donors (Lipinski definition) is 3. The van der Waals surface area contributed by atoms with Gasteiger partial charge < -0.3 is 15.7 Å². The van der Waals surface area contributed by atoms with E-state index < -0.39 is 11.4 Å². The second-order valence-electron chi connectivity index (χ2n) is 5.80. The van der Waals surface area contributed by atoms with Gasteiger partial charge in [0.25, 0.3) is 0 Å². The Kier molecular flexibility index (Phi) is 3.78. The van der Waals surface area contributed by atoms with E-state index in [1.807, 2.05) is 0 Å². The van der Waals surface area contributed by atoms with Gasteiger partial charge in [-0.25, -0.2) is 4.79 Å². The van der Waals surface area contributed by atoms with Crippen molar-refractivity contribution in [2.75, 3.05) is 6.54 Å². The Morgan fingerprint density at radius 1 is 1.33 bits per heavy atom. The van der Waals surface area contributed by atoms with Crippen molar-refractivity contribution in [2.45, 2.75) is 51.5 Å². The number of urea groups is 1. The molecule has 5 nitrogen and oxygen atoms in total. The molecule has 2 fully saturated rings. The smallest absolute Gasteiger partial charge is 0.315 e. The predicted molar refractivity (Wildman–Crippen MR) is 67.3 cm³/mol. The first-order valence-electron chi connectivity index (χ1n) is 6.80. The van der Waals surface area contributed by atoms with Crippen molar-refractivity contribution in [1.82, 2.24) is 10.6 Å². The average molecular weight is 254 g/mol. The van der Waals surface area contributed by atoms with Gasteiger partial charge in [-0.2, -0.15) is 0 Å². The van der Waals surface area contributed by atoms with Crippen molar-refractivity contribution in [1.29, 1.82) is 0 Å². The van der Waals surface area contributed by atoms with Gasteiger partial charge in [-0.05, 0) is 32.1 Å². The molecule has 0 spiro atoms. The Morgan fingerprint density at radius 2 is 2.06 bits per heavy atom. The van der Waals surface area contributed by atoms with Crippen molar-refractivity contribution in [2.24, 2.45) is 11.3 Å². The van der Waals surface area contributed by atoms with Crippen LogP contribution in [-0.2, 0) is 4.79 Å². The molecule has 3 N–H and O–H groups in total. The van der Waals surface area contributed by atoms with E-state index in [1.54, 1.807) is 6.92 Å². The molecule has 0 aromatic rings. The standard InChI is InChI=1S/C13H22N2O3/c1-13(11(16)17)7-2-3-10(13)15-12(18)14-8-6-9-4-5-9/h9-10H,2-8H2,1H3,(H,16,17)(H2,14,15,18). The minimum Gasteiger partial charge on any atom is -0.481 e. The fourth-order valence-corrected chi connectivity index (χ4v) is 2.66. The SMILES string of the molecule is CC1(C(=O)O)CCCC1NC(=O)NCCC1CC1. The zero-order valence-corrected chi connectivity index (χ0v) is 10.9. The summed E-state index contributed by atoms with van der Waals surface area (Å²) in [5.74, 6) is -0.0238. The molecule has 0 radical (unpaired) electrons. The first-order chi connectivity index (χ1) is 8.52. The highest BCUT2D eigenvalue weighted by atomic mass is 16.4. The summed E-state index contributed by atoms with van der Waals surface area (Å²) in [4.78, 5) is 23.0. The molecule has 2 atom stereocenters. The largest absolute Gasteiger partial charge is 0.481 e. The third-order valence-corrected chi connectivity index (χ3v) is 4.29. The van der Waals surface area contributed by atoms with Gasteiger partial charge in [-0.15, -0.1) is 0 Å². The topological polar surface area (TPSA) is 78.4 Å². The van der Waals surface area contributed by atoms with Crippen LogP contribution in [-0.4, -0.2) is 29.7 Å². The second-order valence-corrected chi connectivity index (χ2v) is 5.80. The molecule has 5 heteroatoms. The Morgan fingerprint density at radius 3 is 2.67 bits per heavy atom. The summed E-state index contributed by atoms with van der Waals surface area (Å²) in [6, 6.07) is -0.481. The molecule has 2 aliphatic carbocycles. The number of carbonyl (C=O) groups is 2. The zero-order valence-electron chi connectivity index (χ0n) is 10.9. The Labute approximate surface area is 107 Å². The van der Waals surface area contributed by atoms with Crippen molar-refractivity contribution in [3.8, 4) is 0 Å². The molecule has 2 unspecified atom stereocenters. The van der Waals surface area contributed by atoms with Crippen LogP contribution in [0.15, 0.2) is 0 Å². The summed E-state index contributed by atoms with van der Waals surface area (Å²) < 4.78 is 0. The maximum absolute atomic E-state index is 11.7. The lowest BCUT2D eigenvalue weighted by Gasteiger charge is -2.27. The van der Waals surface area contributed by atoms with E-state index in [1.165, 1.54) is 12.8 Å². The molecule has 0 saturated heterocycles. The molecule has 102 valence electrons. The molecule has 0 aromatic carbocycles. The first-order valence-corrected chi connectivity index (χ1v) is 6.80. The monoisotopic (exact) mass is 254 g/mol. The normalized spacial score (nSPS) is 31.1. The van der Waals surface area contributed by atoms with Crippen LogP contribution in [0.2, 0.25) is 0 Å². The molecule has 18 heavy (non-hydrogen) atoms. The van der Waals surface area contributed by atoms with E-state index in [0.717, 1.165) is 25.2 Å². The molecule has 2 aliphatic rings. The third kappa shape index (κ3) is 2.94. The first kappa shape index (κ1) is 13.2. The van der Waals surface area contributed by atoms with E-state index in [4.69, 9.17) is 0 Å². The third-order valence-electron chi connectivity index (χ3n) is 4.29. The summed E-state index contributed by atoms with van der Waals surface area (Å²) >= 11 is 0. The number of nitrogens with one attached hydrogen (secondary N) is 2. The lowest BCUT2D eigenvalue weighted by atomic mass is 9.85. The van der Waals surface area contributed by atoms with Gasteiger partial charge in [0.1, 0.15) is 0 Å². The number of aliphatic carboxylic acids is 1. The molecule has 0 aliphatic heterocycles. The quantitative estimate of drug-likeness (QED) is 0.699. The highest BCUT2D eigenvalue weighted by Gasteiger charge is 2.45. The number of amides is 2. The van der Waals surface area contributed by atoms with Gasteiger partial charge in [0, 0.05) is 12.6 Å². The average Bonchev–Trinajstić information content (AvgIpc) is 3.04. The van der Waals surface area contributed by atoms with Crippen LogP contribution in [0.5, 0.6) is 0 Å². The van der Waals surface area contributed by atoms with Gasteiger partial charge in [0.15, 0.2) is 0 Å². The van der Waals surface area contributed by atoms with Crippen LogP contribution in [0, 0.1) is 11.3 Å². The van der Waals surface area contributed by atoms with Crippen LogP contribution in [0.1, 0.15) is 45.4 Å². The number of hydrogen-bond acceptors (Lipinski definition) is 2. The van der Waals surface area contributed by atoms with Gasteiger partial charge in [-0.1, -0.05) is 19.3 Å². The van der Waals surface area contributed by atoms with Gasteiger partial charge in [-0.3, -0.25) is 4.79 Å². The fraction of sp³-hybridized carbons (Fsp3) is 0.846. The molecule has 0 heterocycles. The summed E-state index contributed by atoms with van der Waals surface area (Å²) in [7, 11) is 0. The molecule has 2 saturated carbocycles. The number of carboxylic acid groups (broad SMARTS) is 1. The molecule has 0 aromatic heterocycles. The lowest BCUT2D eigenvalue weighted by molar-refractivity contribution is -0.148. The Bertz CT molecular complexity index is 341. The number of carbonyl (C=O) groups excluding carboxylic acids is 1. The van der Waals surface area contributed by atoms with Gasteiger partial charge in [0.2, 0.25) is 0 Å². The van der Waals surface area contributed by atoms with Crippen molar-refractivity contribution >= 4 is 12.0 Å². The summed E-state index contributed by atoms with van der Waals surface area (Å²) in [6.45, 7) is 2.41. The Balaban J connectivity index is 1.76. The van der Waals surface area contributed by atoms with Gasteiger partial charge >= 0.3 is 12.0 Å². The molecular formula is C13H22N2O3. The maximum Gasteiger partial charge on any atom is 0.315 e. The highest BCUT2D eigenvalue weighted by Crippen LogP contribution is 2.38.